The molecule has 2 fully saturated rings. The fourth-order valence-electron chi connectivity index (χ4n) is 4.72. The summed E-state index contributed by atoms with van der Waals surface area (Å²) in [5.41, 5.74) is 0. The third-order valence-electron chi connectivity index (χ3n) is 7.14. The first kappa shape index (κ1) is 47.0. The van der Waals surface area contributed by atoms with Gasteiger partial charge in [0.1, 0.15) is 12.2 Å². The van der Waals surface area contributed by atoms with Crippen LogP contribution in [0, 0.1) is 0 Å². The number of aliphatic hydroxyl groups is 3. The third kappa shape index (κ3) is 28.8. The summed E-state index contributed by atoms with van der Waals surface area (Å²) in [5, 5.41) is 27.8. The van der Waals surface area contributed by atoms with E-state index in [-0.39, 0.29) is 44.6 Å². The lowest BCUT2D eigenvalue weighted by molar-refractivity contribution is -0.145. The smallest absolute Gasteiger partial charge is 0.163 e. The molecule has 0 aliphatic carbocycles. The van der Waals surface area contributed by atoms with Crippen molar-refractivity contribution in [3.05, 3.63) is 0 Å². The van der Waals surface area contributed by atoms with Crippen molar-refractivity contribution < 1.29 is 45.1 Å². The Labute approximate surface area is 266 Å². The molecule has 9 heteroatoms. The Morgan fingerprint density at radius 3 is 1.49 bits per heavy atom. The molecule has 3 N–H and O–H groups in total. The van der Waals surface area contributed by atoms with Crippen LogP contribution in [0.1, 0.15) is 154 Å². The maximum Gasteiger partial charge on any atom is 0.163 e. The van der Waals surface area contributed by atoms with Gasteiger partial charge < -0.3 is 39.0 Å². The third-order valence-corrected chi connectivity index (χ3v) is 7.14. The van der Waals surface area contributed by atoms with Crippen LogP contribution < -0.4 is 0 Å². The first-order valence-electron chi connectivity index (χ1n) is 16.7. The molecule has 2 saturated heterocycles. The van der Waals surface area contributed by atoms with E-state index in [1.165, 1.54) is 57.8 Å². The van der Waals surface area contributed by atoms with Crippen molar-refractivity contribution in [2.24, 2.45) is 0 Å². The predicted molar refractivity (Wildman–Crippen MR) is 177 cm³/mol. The van der Waals surface area contributed by atoms with E-state index in [1.54, 1.807) is 0 Å². The Balaban J connectivity index is -0.000000287. The Hall–Kier alpha value is -0.390. The summed E-state index contributed by atoms with van der Waals surface area (Å²) in [6.07, 6.45) is 17.1. The Bertz CT molecular complexity index is 585. The van der Waals surface area contributed by atoms with Gasteiger partial charge in [0, 0.05) is 8.03 Å². The molecule has 2 rings (SSSR count). The topological polar surface area (TPSA) is 107 Å². The Morgan fingerprint density at radius 2 is 1.12 bits per heavy atom. The van der Waals surface area contributed by atoms with Crippen molar-refractivity contribution in [1.29, 1.82) is 0 Å². The Morgan fingerprint density at radius 1 is 0.674 bits per heavy atom. The van der Waals surface area contributed by atoms with Gasteiger partial charge in [-0.05, 0) is 53.4 Å². The van der Waals surface area contributed by atoms with Gasteiger partial charge in [0.05, 0.1) is 38.6 Å². The number of ether oxygens (including phenoxy) is 5. The van der Waals surface area contributed by atoms with Crippen LogP contribution in [0.4, 0.5) is 4.70 Å². The summed E-state index contributed by atoms with van der Waals surface area (Å²) in [5.74, 6) is -0.973. The quantitative estimate of drug-likeness (QED) is 0.116. The number of unbranched alkanes of at least 4 members (excludes halogenated alkanes) is 8. The second kappa shape index (κ2) is 29.0. The minimum Gasteiger partial charge on any atom is -0.394 e. The van der Waals surface area contributed by atoms with Crippen LogP contribution in [-0.4, -0.2) is 84.3 Å². The monoisotopic (exact) mass is 633 g/mol. The van der Waals surface area contributed by atoms with Gasteiger partial charge in [-0.15, -0.1) is 0 Å². The normalized spacial score (nSPS) is 21.3. The fourth-order valence-corrected chi connectivity index (χ4v) is 4.72. The lowest BCUT2D eigenvalue weighted by Crippen LogP contribution is -2.24. The van der Waals surface area contributed by atoms with E-state index in [4.69, 9.17) is 28.8 Å². The molecule has 2 aliphatic rings. The maximum atomic E-state index is 9.84. The van der Waals surface area contributed by atoms with E-state index < -0.39 is 11.6 Å². The molecule has 0 bridgehead atoms. The van der Waals surface area contributed by atoms with Gasteiger partial charge in [-0.2, -0.15) is 0 Å². The zero-order valence-electron chi connectivity index (χ0n) is 28.2. The number of aliphatic hydroxyl groups excluding tert-OH is 3. The van der Waals surface area contributed by atoms with Crippen LogP contribution in [0.5, 0.6) is 0 Å². The number of hydrogen-bond donors (Lipinski definition) is 3. The molecule has 43 heavy (non-hydrogen) atoms. The molecular formula is C34H75FO8. The summed E-state index contributed by atoms with van der Waals surface area (Å²) >= 11 is 0. The molecule has 0 saturated carbocycles. The van der Waals surface area contributed by atoms with E-state index in [2.05, 4.69) is 20.8 Å². The highest BCUT2D eigenvalue weighted by Gasteiger charge is 2.33. The van der Waals surface area contributed by atoms with Gasteiger partial charge in [-0.3, -0.25) is 4.70 Å². The second-order valence-corrected chi connectivity index (χ2v) is 12.4. The number of hydrogen-bond acceptors (Lipinski definition) is 8. The molecule has 4 atom stereocenters. The average molecular weight is 633 g/mol. The standard InChI is InChI=1S/C16H32O4.C11H24O.C6H12O3.CH4.FH.H2/c1-4-5-6-7-8-9-14(17)10-11-18-12-15-13-19-16(2,3)20-15;1-3-5-6-7-8-10-11(12)9-4-2;1-6(2)8-4-5(3-7)9-6;;;/h14-15,17H,4-13H2,1-3H3;11-12H,3-10H2,1-2H3;5,7H,3-4H2,1-2H3;1H4;2*1H/t14-,15-;11-;5-;;;/m101.../s1/i;;;;;1+2. The number of halogens is 1. The molecule has 0 aromatic carbocycles. The van der Waals surface area contributed by atoms with Crippen LogP contribution in [-0.2, 0) is 23.7 Å². The van der Waals surface area contributed by atoms with Gasteiger partial charge in [-0.25, -0.2) is 0 Å². The first-order valence-corrected chi connectivity index (χ1v) is 16.7. The highest BCUT2D eigenvalue weighted by molar-refractivity contribution is 4.70. The molecule has 0 amide bonds. The summed E-state index contributed by atoms with van der Waals surface area (Å²) in [4.78, 5) is 0. The molecular weight excluding hydrogens is 555 g/mol. The lowest BCUT2D eigenvalue weighted by Gasteiger charge is -2.17. The maximum absolute atomic E-state index is 9.84. The Kier molecular flexibility index (Phi) is 31.8. The van der Waals surface area contributed by atoms with Crippen molar-refractivity contribution in [2.75, 3.05) is 33.0 Å². The van der Waals surface area contributed by atoms with Crippen molar-refractivity contribution >= 4 is 0 Å². The SMILES string of the molecule is C.CC1(C)OC[C@@H](CO)O1.CCCCCCC[C@@H](O)CCC.CCCCCCC[C@@H](O)CCOC[C@@H]1COC(C)(C)O1.F.[3HH]. The molecule has 0 unspecified atom stereocenters. The summed E-state index contributed by atoms with van der Waals surface area (Å²) in [6.45, 7) is 16.3. The first-order chi connectivity index (χ1) is 19.5. The van der Waals surface area contributed by atoms with E-state index in [9.17, 15) is 10.2 Å². The van der Waals surface area contributed by atoms with Crippen LogP contribution >= 0.6 is 0 Å². The average Bonchev–Trinajstić information content (AvgIpc) is 3.47. The molecule has 266 valence electrons. The van der Waals surface area contributed by atoms with Crippen LogP contribution in [0.3, 0.4) is 0 Å². The summed E-state index contributed by atoms with van der Waals surface area (Å²) in [6, 6.07) is 0. The van der Waals surface area contributed by atoms with Crippen molar-refractivity contribution in [2.45, 2.75) is 188 Å². The van der Waals surface area contributed by atoms with Crippen molar-refractivity contribution in [3.63, 3.8) is 0 Å². The van der Waals surface area contributed by atoms with E-state index >= 15 is 0 Å². The minimum absolute atomic E-state index is 0. The minimum atomic E-state index is -0.493. The van der Waals surface area contributed by atoms with Crippen molar-refractivity contribution in [1.82, 2.24) is 0 Å². The largest absolute Gasteiger partial charge is 0.394 e. The second-order valence-electron chi connectivity index (χ2n) is 12.4. The number of rotatable bonds is 20. The highest BCUT2D eigenvalue weighted by atomic mass is 19.0. The highest BCUT2D eigenvalue weighted by Crippen LogP contribution is 2.23. The molecule has 8 nitrogen and oxygen atoms in total. The molecule has 0 aromatic heterocycles. The van der Waals surface area contributed by atoms with Gasteiger partial charge in [0.15, 0.2) is 11.6 Å². The molecule has 0 radical (unpaired) electrons. The molecule has 2 aliphatic heterocycles. The van der Waals surface area contributed by atoms with Crippen molar-refractivity contribution in [3.8, 4) is 0 Å². The molecule has 2 heterocycles. The van der Waals surface area contributed by atoms with Crippen LogP contribution in [0.2, 0.25) is 0 Å². The molecule has 0 aromatic rings. The summed E-state index contributed by atoms with van der Waals surface area (Å²) < 4.78 is 27.1. The van der Waals surface area contributed by atoms with E-state index in [1.807, 2.05) is 27.7 Å². The van der Waals surface area contributed by atoms with Gasteiger partial charge in [0.25, 0.3) is 0 Å². The van der Waals surface area contributed by atoms with Gasteiger partial charge >= 0.3 is 0 Å². The zero-order valence-corrected chi connectivity index (χ0v) is 28.2. The predicted octanol–water partition coefficient (Wildman–Crippen LogP) is 7.94. The summed E-state index contributed by atoms with van der Waals surface area (Å²) in [7, 11) is 0. The zero-order chi connectivity index (χ0) is 31.0. The van der Waals surface area contributed by atoms with Gasteiger partial charge in [0.2, 0.25) is 0 Å². The lowest BCUT2D eigenvalue weighted by atomic mass is 10.1. The fraction of sp³-hybridized carbons (Fsp3) is 1.00. The molecule has 0 spiro atoms. The van der Waals surface area contributed by atoms with Crippen LogP contribution in [0.25, 0.3) is 0 Å². The van der Waals surface area contributed by atoms with Crippen LogP contribution in [0.15, 0.2) is 0 Å². The van der Waals surface area contributed by atoms with E-state index in [0.717, 1.165) is 32.1 Å². The van der Waals surface area contributed by atoms with E-state index in [0.29, 0.717) is 32.8 Å². The van der Waals surface area contributed by atoms with Gasteiger partial charge in [-0.1, -0.05) is 98.8 Å².